The van der Waals surface area contributed by atoms with Gasteiger partial charge in [-0.05, 0) is 50.8 Å². The van der Waals surface area contributed by atoms with Crippen LogP contribution in [-0.4, -0.2) is 39.3 Å². The molecule has 0 unspecified atom stereocenters. The third-order valence-electron chi connectivity index (χ3n) is 4.44. The monoisotopic (exact) mass is 336 g/mol. The van der Waals surface area contributed by atoms with E-state index < -0.39 is 0 Å². The van der Waals surface area contributed by atoms with E-state index in [0.717, 1.165) is 48.6 Å². The smallest absolute Gasteiger partial charge is 0.229 e. The second-order valence-corrected chi connectivity index (χ2v) is 6.52. The topological polar surface area (TPSA) is 75.0 Å². The van der Waals surface area contributed by atoms with Crippen molar-refractivity contribution in [2.45, 2.75) is 45.4 Å². The second-order valence-electron chi connectivity index (χ2n) is 6.17. The highest BCUT2D eigenvalue weighted by Gasteiger charge is 2.26. The SMILES string of the molecule is Cc1cc([C@@H]2CCCN(C(=O)CCc3c(C)noc3Cl)C2)n[nH]1. The van der Waals surface area contributed by atoms with E-state index in [4.69, 9.17) is 16.1 Å². The fraction of sp³-hybridized carbons (Fsp3) is 0.562. The third-order valence-corrected chi connectivity index (χ3v) is 4.74. The highest BCUT2D eigenvalue weighted by atomic mass is 35.5. The Hall–Kier alpha value is -1.82. The molecule has 7 heteroatoms. The fourth-order valence-electron chi connectivity index (χ4n) is 3.12. The van der Waals surface area contributed by atoms with Crippen LogP contribution in [0.15, 0.2) is 10.6 Å². The maximum absolute atomic E-state index is 12.5. The number of hydrogen-bond acceptors (Lipinski definition) is 4. The van der Waals surface area contributed by atoms with Crippen molar-refractivity contribution in [2.75, 3.05) is 13.1 Å². The summed E-state index contributed by atoms with van der Waals surface area (Å²) >= 11 is 5.95. The molecule has 1 fully saturated rings. The molecule has 1 saturated heterocycles. The zero-order valence-electron chi connectivity index (χ0n) is 13.4. The minimum Gasteiger partial charge on any atom is -0.344 e. The number of hydrogen-bond donors (Lipinski definition) is 1. The van der Waals surface area contributed by atoms with Crippen LogP contribution in [0.4, 0.5) is 0 Å². The van der Waals surface area contributed by atoms with Crippen molar-refractivity contribution >= 4 is 17.5 Å². The lowest BCUT2D eigenvalue weighted by atomic mass is 9.94. The summed E-state index contributed by atoms with van der Waals surface area (Å²) in [6, 6.07) is 2.07. The number of piperidine rings is 1. The van der Waals surface area contributed by atoms with E-state index in [1.807, 2.05) is 18.7 Å². The molecule has 2 aromatic heterocycles. The van der Waals surface area contributed by atoms with Crippen molar-refractivity contribution in [1.82, 2.24) is 20.3 Å². The number of amides is 1. The van der Waals surface area contributed by atoms with E-state index in [1.165, 1.54) is 0 Å². The van der Waals surface area contributed by atoms with Gasteiger partial charge in [0.15, 0.2) is 0 Å². The molecule has 23 heavy (non-hydrogen) atoms. The number of likely N-dealkylation sites (tertiary alicyclic amines) is 1. The Balaban J connectivity index is 1.59. The number of nitrogens with zero attached hydrogens (tertiary/aromatic N) is 3. The highest BCUT2D eigenvalue weighted by molar-refractivity contribution is 6.29. The third kappa shape index (κ3) is 3.58. The van der Waals surface area contributed by atoms with E-state index in [1.54, 1.807) is 0 Å². The molecule has 124 valence electrons. The van der Waals surface area contributed by atoms with Crippen molar-refractivity contribution in [3.63, 3.8) is 0 Å². The molecule has 2 aromatic rings. The highest BCUT2D eigenvalue weighted by Crippen LogP contribution is 2.27. The lowest BCUT2D eigenvalue weighted by Gasteiger charge is -2.32. The van der Waals surface area contributed by atoms with Crippen molar-refractivity contribution in [3.8, 4) is 0 Å². The summed E-state index contributed by atoms with van der Waals surface area (Å²) in [5.41, 5.74) is 3.70. The number of aromatic nitrogens is 3. The van der Waals surface area contributed by atoms with Gasteiger partial charge in [0.05, 0.1) is 11.4 Å². The first-order valence-electron chi connectivity index (χ1n) is 7.95. The number of aryl methyl sites for hydroxylation is 2. The second kappa shape index (κ2) is 6.74. The number of carbonyl (C=O) groups is 1. The Labute approximate surface area is 140 Å². The Morgan fingerprint density at radius 2 is 2.35 bits per heavy atom. The standard InChI is InChI=1S/C16H21ClN4O2/c1-10-8-14(19-18-10)12-4-3-7-21(9-12)15(22)6-5-13-11(2)20-23-16(13)17/h8,12H,3-7,9H2,1-2H3,(H,18,19)/t12-/m1/s1. The van der Waals surface area contributed by atoms with Gasteiger partial charge in [0.25, 0.3) is 0 Å². The van der Waals surface area contributed by atoms with Crippen LogP contribution in [0.1, 0.15) is 47.8 Å². The first-order chi connectivity index (χ1) is 11.0. The van der Waals surface area contributed by atoms with Gasteiger partial charge < -0.3 is 9.42 Å². The molecule has 1 aliphatic heterocycles. The maximum atomic E-state index is 12.5. The lowest BCUT2D eigenvalue weighted by Crippen LogP contribution is -2.39. The van der Waals surface area contributed by atoms with E-state index in [-0.39, 0.29) is 5.91 Å². The van der Waals surface area contributed by atoms with Crippen LogP contribution in [0.25, 0.3) is 0 Å². The van der Waals surface area contributed by atoms with Crippen LogP contribution in [0, 0.1) is 13.8 Å². The van der Waals surface area contributed by atoms with Crippen LogP contribution in [0.2, 0.25) is 5.22 Å². The number of H-pyrrole nitrogens is 1. The van der Waals surface area contributed by atoms with E-state index in [0.29, 0.717) is 24.0 Å². The maximum Gasteiger partial charge on any atom is 0.229 e. The van der Waals surface area contributed by atoms with E-state index in [2.05, 4.69) is 21.4 Å². The van der Waals surface area contributed by atoms with Gasteiger partial charge in [0, 0.05) is 36.7 Å². The molecular formula is C16H21ClN4O2. The summed E-state index contributed by atoms with van der Waals surface area (Å²) in [5, 5.41) is 11.4. The Morgan fingerprint density at radius 3 is 3.00 bits per heavy atom. The van der Waals surface area contributed by atoms with Crippen LogP contribution in [-0.2, 0) is 11.2 Å². The Bertz CT molecular complexity index is 675. The van der Waals surface area contributed by atoms with Crippen LogP contribution >= 0.6 is 11.6 Å². The zero-order valence-corrected chi connectivity index (χ0v) is 14.2. The Kier molecular flexibility index (Phi) is 4.71. The molecule has 0 aromatic carbocycles. The molecule has 6 nitrogen and oxygen atoms in total. The molecular weight excluding hydrogens is 316 g/mol. The summed E-state index contributed by atoms with van der Waals surface area (Å²) < 4.78 is 4.93. The van der Waals surface area contributed by atoms with Gasteiger partial charge >= 0.3 is 0 Å². The number of rotatable bonds is 4. The first-order valence-corrected chi connectivity index (χ1v) is 8.32. The van der Waals surface area contributed by atoms with Gasteiger partial charge in [-0.25, -0.2) is 0 Å². The van der Waals surface area contributed by atoms with Gasteiger partial charge in [-0.1, -0.05) is 5.16 Å². The van der Waals surface area contributed by atoms with Crippen molar-refractivity contribution in [3.05, 3.63) is 33.9 Å². The molecule has 0 bridgehead atoms. The van der Waals surface area contributed by atoms with Gasteiger partial charge in [-0.15, -0.1) is 0 Å². The van der Waals surface area contributed by atoms with Gasteiger partial charge in [-0.2, -0.15) is 5.10 Å². The summed E-state index contributed by atoms with van der Waals surface area (Å²) in [5.74, 6) is 0.470. The summed E-state index contributed by atoms with van der Waals surface area (Å²) in [6.07, 6.45) is 3.07. The molecule has 0 spiro atoms. The Morgan fingerprint density at radius 1 is 1.52 bits per heavy atom. The average Bonchev–Trinajstić information content (AvgIpc) is 3.12. The largest absolute Gasteiger partial charge is 0.344 e. The lowest BCUT2D eigenvalue weighted by molar-refractivity contribution is -0.132. The van der Waals surface area contributed by atoms with Crippen LogP contribution in [0.5, 0.6) is 0 Å². The van der Waals surface area contributed by atoms with Crippen LogP contribution < -0.4 is 0 Å². The molecule has 0 saturated carbocycles. The molecule has 0 aliphatic carbocycles. The van der Waals surface area contributed by atoms with E-state index >= 15 is 0 Å². The summed E-state index contributed by atoms with van der Waals surface area (Å²) in [4.78, 5) is 14.4. The molecule has 1 atom stereocenters. The molecule has 1 amide bonds. The van der Waals surface area contributed by atoms with E-state index in [9.17, 15) is 4.79 Å². The number of carbonyl (C=O) groups excluding carboxylic acids is 1. The number of halogens is 1. The van der Waals surface area contributed by atoms with Crippen molar-refractivity contribution in [2.24, 2.45) is 0 Å². The predicted octanol–water partition coefficient (Wildman–Crippen LogP) is 3.01. The van der Waals surface area contributed by atoms with Gasteiger partial charge in [0.1, 0.15) is 0 Å². The van der Waals surface area contributed by atoms with Crippen molar-refractivity contribution < 1.29 is 9.32 Å². The van der Waals surface area contributed by atoms with Crippen molar-refractivity contribution in [1.29, 1.82) is 0 Å². The summed E-state index contributed by atoms with van der Waals surface area (Å²) in [6.45, 7) is 5.38. The van der Waals surface area contributed by atoms with Crippen LogP contribution in [0.3, 0.4) is 0 Å². The summed E-state index contributed by atoms with van der Waals surface area (Å²) in [7, 11) is 0. The predicted molar refractivity (Wildman–Crippen MR) is 86.5 cm³/mol. The number of aromatic amines is 1. The number of nitrogens with one attached hydrogen (secondary N) is 1. The molecule has 1 aliphatic rings. The quantitative estimate of drug-likeness (QED) is 0.931. The van der Waals surface area contributed by atoms with Gasteiger partial charge in [-0.3, -0.25) is 9.89 Å². The normalized spacial score (nSPS) is 18.4. The average molecular weight is 337 g/mol. The molecule has 3 heterocycles. The minimum atomic E-state index is 0.152. The molecule has 0 radical (unpaired) electrons. The molecule has 3 rings (SSSR count). The fourth-order valence-corrected chi connectivity index (χ4v) is 3.39. The molecule has 1 N–H and O–H groups in total. The van der Waals surface area contributed by atoms with Gasteiger partial charge in [0.2, 0.25) is 11.1 Å². The minimum absolute atomic E-state index is 0.152. The zero-order chi connectivity index (χ0) is 16.4. The first kappa shape index (κ1) is 16.1.